The van der Waals surface area contributed by atoms with Gasteiger partial charge in [0.05, 0.1) is 12.7 Å². The van der Waals surface area contributed by atoms with Crippen molar-refractivity contribution in [2.45, 2.75) is 76.4 Å². The second-order valence-corrected chi connectivity index (χ2v) is 9.34. The minimum Gasteiger partial charge on any atom is -0.331 e. The van der Waals surface area contributed by atoms with Gasteiger partial charge in [0.15, 0.2) is 5.69 Å². The van der Waals surface area contributed by atoms with Crippen molar-refractivity contribution < 1.29 is 4.79 Å². The Bertz CT molecular complexity index is 1090. The first-order valence-electron chi connectivity index (χ1n) is 11.7. The van der Waals surface area contributed by atoms with Crippen LogP contribution >= 0.6 is 0 Å². The first-order valence-corrected chi connectivity index (χ1v) is 11.7. The molecule has 0 spiro atoms. The molecule has 0 radical (unpaired) electrons. The standard InChI is InChI=1S/C25H29N5O/c31-25(30(19-10-11-19)20-12-13-22-18(14-20)15-26-27-22)24-21-8-4-5-9-23(21)29(28-24)16-17-6-2-1-3-7-17/h1-3,6-7,15,19-20H,4-5,8-14,16H2,(H,26,27). The topological polar surface area (TPSA) is 66.8 Å². The number of aromatic nitrogens is 4. The van der Waals surface area contributed by atoms with Gasteiger partial charge < -0.3 is 4.90 Å². The number of hydrogen-bond acceptors (Lipinski definition) is 3. The molecule has 1 N–H and O–H groups in total. The van der Waals surface area contributed by atoms with Gasteiger partial charge in [0, 0.05) is 29.0 Å². The number of benzene rings is 1. The van der Waals surface area contributed by atoms with Crippen LogP contribution in [0.4, 0.5) is 0 Å². The van der Waals surface area contributed by atoms with Gasteiger partial charge in [-0.2, -0.15) is 10.2 Å². The van der Waals surface area contributed by atoms with Crippen molar-refractivity contribution in [1.82, 2.24) is 24.9 Å². The van der Waals surface area contributed by atoms with Gasteiger partial charge in [-0.25, -0.2) is 0 Å². The minimum atomic E-state index is 0.157. The summed E-state index contributed by atoms with van der Waals surface area (Å²) in [6.45, 7) is 0.738. The third-order valence-electron chi connectivity index (χ3n) is 7.19. The van der Waals surface area contributed by atoms with Crippen molar-refractivity contribution in [3.63, 3.8) is 0 Å². The van der Waals surface area contributed by atoms with Gasteiger partial charge in [-0.15, -0.1) is 0 Å². The number of carbonyl (C=O) groups is 1. The van der Waals surface area contributed by atoms with Crippen LogP contribution in [-0.4, -0.2) is 42.9 Å². The minimum absolute atomic E-state index is 0.157. The molecule has 3 aliphatic rings. The molecule has 31 heavy (non-hydrogen) atoms. The van der Waals surface area contributed by atoms with Crippen molar-refractivity contribution in [2.75, 3.05) is 0 Å². The first-order chi connectivity index (χ1) is 15.3. The Kier molecular flexibility index (Phi) is 4.66. The number of rotatable bonds is 5. The molecular formula is C25H29N5O. The molecule has 1 amide bonds. The number of H-pyrrole nitrogens is 1. The highest BCUT2D eigenvalue weighted by Gasteiger charge is 2.41. The summed E-state index contributed by atoms with van der Waals surface area (Å²) in [5.74, 6) is 0.157. The van der Waals surface area contributed by atoms with E-state index in [9.17, 15) is 4.79 Å². The normalized spacial score (nSPS) is 20.2. The van der Waals surface area contributed by atoms with Gasteiger partial charge in [-0.3, -0.25) is 14.6 Å². The van der Waals surface area contributed by atoms with Crippen molar-refractivity contribution in [3.8, 4) is 0 Å². The highest BCUT2D eigenvalue weighted by atomic mass is 16.2. The van der Waals surface area contributed by atoms with Crippen molar-refractivity contribution in [2.24, 2.45) is 0 Å². The Morgan fingerprint density at radius 1 is 1.06 bits per heavy atom. The van der Waals surface area contributed by atoms with E-state index in [2.05, 4.69) is 44.0 Å². The smallest absolute Gasteiger partial charge is 0.275 e. The van der Waals surface area contributed by atoms with E-state index in [1.165, 1.54) is 34.5 Å². The van der Waals surface area contributed by atoms with Crippen LogP contribution in [0.2, 0.25) is 0 Å². The summed E-state index contributed by atoms with van der Waals surface area (Å²) >= 11 is 0. The maximum Gasteiger partial charge on any atom is 0.275 e. The van der Waals surface area contributed by atoms with Crippen molar-refractivity contribution in [3.05, 3.63) is 70.3 Å². The molecule has 6 heteroatoms. The largest absolute Gasteiger partial charge is 0.331 e. The summed E-state index contributed by atoms with van der Waals surface area (Å²) in [4.78, 5) is 16.1. The van der Waals surface area contributed by atoms with E-state index in [4.69, 9.17) is 5.10 Å². The van der Waals surface area contributed by atoms with E-state index < -0.39 is 0 Å². The first kappa shape index (κ1) is 18.8. The van der Waals surface area contributed by atoms with E-state index in [0.717, 1.165) is 63.6 Å². The fraction of sp³-hybridized carbons (Fsp3) is 0.480. The molecule has 1 fully saturated rings. The Labute approximate surface area is 182 Å². The summed E-state index contributed by atoms with van der Waals surface area (Å²) in [5, 5.41) is 12.3. The van der Waals surface area contributed by atoms with Crippen LogP contribution in [0.25, 0.3) is 0 Å². The van der Waals surface area contributed by atoms with E-state index in [1.807, 2.05) is 12.3 Å². The fourth-order valence-electron chi connectivity index (χ4n) is 5.47. The summed E-state index contributed by atoms with van der Waals surface area (Å²) < 4.78 is 2.11. The van der Waals surface area contributed by atoms with Gasteiger partial charge >= 0.3 is 0 Å². The van der Waals surface area contributed by atoms with E-state index >= 15 is 0 Å². The predicted octanol–water partition coefficient (Wildman–Crippen LogP) is 3.70. The zero-order valence-corrected chi connectivity index (χ0v) is 17.9. The summed E-state index contributed by atoms with van der Waals surface area (Å²) in [5.41, 5.74) is 6.94. The lowest BCUT2D eigenvalue weighted by Gasteiger charge is -2.34. The van der Waals surface area contributed by atoms with Crippen LogP contribution < -0.4 is 0 Å². The summed E-state index contributed by atoms with van der Waals surface area (Å²) in [6, 6.07) is 11.1. The van der Waals surface area contributed by atoms with Gasteiger partial charge in [-0.05, 0) is 68.9 Å². The number of nitrogens with one attached hydrogen (secondary N) is 1. The molecular weight excluding hydrogens is 386 g/mol. The molecule has 2 heterocycles. The number of hydrogen-bond donors (Lipinski definition) is 1. The van der Waals surface area contributed by atoms with Crippen LogP contribution in [-0.2, 0) is 32.2 Å². The quantitative estimate of drug-likeness (QED) is 0.691. The van der Waals surface area contributed by atoms with Crippen molar-refractivity contribution >= 4 is 5.91 Å². The van der Waals surface area contributed by atoms with Crippen molar-refractivity contribution in [1.29, 1.82) is 0 Å². The Balaban J connectivity index is 1.33. The fourth-order valence-corrected chi connectivity index (χ4v) is 5.47. The SMILES string of the molecule is O=C(c1nn(Cc2ccccc2)c2c1CCCC2)N(C1CC1)C1CCc2[nH]ncc2C1. The molecule has 0 bridgehead atoms. The molecule has 3 aromatic rings. The van der Waals surface area contributed by atoms with Crippen LogP contribution in [0.1, 0.15) is 70.7 Å². The average molecular weight is 416 g/mol. The lowest BCUT2D eigenvalue weighted by molar-refractivity contribution is 0.0634. The molecule has 1 aromatic carbocycles. The Hall–Kier alpha value is -2.89. The third-order valence-corrected chi connectivity index (χ3v) is 7.19. The Morgan fingerprint density at radius 2 is 1.90 bits per heavy atom. The highest BCUT2D eigenvalue weighted by molar-refractivity contribution is 5.95. The lowest BCUT2D eigenvalue weighted by Crippen LogP contribution is -2.45. The van der Waals surface area contributed by atoms with Gasteiger partial charge in [0.2, 0.25) is 0 Å². The highest BCUT2D eigenvalue weighted by Crippen LogP contribution is 2.36. The molecule has 0 saturated heterocycles. The van der Waals surface area contributed by atoms with Crippen LogP contribution in [0.5, 0.6) is 0 Å². The number of aryl methyl sites for hydroxylation is 1. The molecule has 1 saturated carbocycles. The van der Waals surface area contributed by atoms with Crippen LogP contribution in [0, 0.1) is 0 Å². The number of nitrogens with zero attached hydrogens (tertiary/aromatic N) is 4. The van der Waals surface area contributed by atoms with Gasteiger partial charge in [0.25, 0.3) is 5.91 Å². The Morgan fingerprint density at radius 3 is 2.74 bits per heavy atom. The van der Waals surface area contributed by atoms with Crippen LogP contribution in [0.3, 0.4) is 0 Å². The molecule has 2 aromatic heterocycles. The molecule has 1 atom stereocenters. The van der Waals surface area contributed by atoms with E-state index in [-0.39, 0.29) is 11.9 Å². The predicted molar refractivity (Wildman–Crippen MR) is 118 cm³/mol. The lowest BCUT2D eigenvalue weighted by atomic mass is 9.91. The molecule has 6 rings (SSSR count). The number of amides is 1. The average Bonchev–Trinajstić information content (AvgIpc) is 3.40. The second-order valence-electron chi connectivity index (χ2n) is 9.34. The molecule has 160 valence electrons. The zero-order valence-electron chi connectivity index (χ0n) is 17.9. The molecule has 1 unspecified atom stereocenters. The van der Waals surface area contributed by atoms with E-state index in [0.29, 0.717) is 6.04 Å². The number of fused-ring (bicyclic) bond motifs is 2. The van der Waals surface area contributed by atoms with E-state index in [1.54, 1.807) is 0 Å². The molecule has 3 aliphatic carbocycles. The number of aromatic amines is 1. The summed E-state index contributed by atoms with van der Waals surface area (Å²) in [7, 11) is 0. The maximum atomic E-state index is 13.9. The monoisotopic (exact) mass is 415 g/mol. The van der Waals surface area contributed by atoms with Gasteiger partial charge in [-0.1, -0.05) is 30.3 Å². The molecule has 6 nitrogen and oxygen atoms in total. The zero-order chi connectivity index (χ0) is 20.8. The van der Waals surface area contributed by atoms with Crippen LogP contribution in [0.15, 0.2) is 36.5 Å². The molecule has 0 aliphatic heterocycles. The third kappa shape index (κ3) is 3.48. The maximum absolute atomic E-state index is 13.9. The second kappa shape index (κ2) is 7.66. The van der Waals surface area contributed by atoms with Gasteiger partial charge in [0.1, 0.15) is 0 Å². The summed E-state index contributed by atoms with van der Waals surface area (Å²) in [6.07, 6.45) is 11.4. The number of carbonyl (C=O) groups excluding carboxylic acids is 1.